The van der Waals surface area contributed by atoms with Gasteiger partial charge in [0.2, 0.25) is 5.91 Å². The summed E-state index contributed by atoms with van der Waals surface area (Å²) in [5, 5.41) is 43.6. The van der Waals surface area contributed by atoms with Gasteiger partial charge in [-0.25, -0.2) is 0 Å². The van der Waals surface area contributed by atoms with Crippen LogP contribution >= 0.6 is 0 Å². The second kappa shape index (κ2) is 40.5. The van der Waals surface area contributed by atoms with Gasteiger partial charge in [0.1, 0.15) is 12.2 Å². The molecule has 6 heteroatoms. The fourth-order valence-electron chi connectivity index (χ4n) is 7.41. The molecule has 1 amide bonds. The van der Waals surface area contributed by atoms with Crippen molar-refractivity contribution in [3.8, 4) is 0 Å². The summed E-state index contributed by atoms with van der Waals surface area (Å²) in [5.74, 6) is -0.582. The molecule has 0 aromatic rings. The standard InChI is InChI=1S/C45H91NO5/c1-3-5-7-9-11-13-15-16-17-18-19-20-21-22-23-24-25-26-27-28-29-31-32-34-36-38-42(48)44(50)41(40-47)46-45(51)43(49)39-37-35-33-30-14-12-10-8-6-4-2/h41-44,47-50H,3-40H2,1-2H3,(H,46,51). The molecule has 6 nitrogen and oxygen atoms in total. The van der Waals surface area contributed by atoms with Gasteiger partial charge in [0, 0.05) is 0 Å². The van der Waals surface area contributed by atoms with Crippen molar-refractivity contribution in [1.82, 2.24) is 5.32 Å². The second-order valence-electron chi connectivity index (χ2n) is 16.1. The summed E-state index contributed by atoms with van der Waals surface area (Å²) in [6.07, 6.45) is 43.0. The van der Waals surface area contributed by atoms with E-state index < -0.39 is 36.9 Å². The molecule has 0 rings (SSSR count). The molecule has 0 spiro atoms. The number of unbranched alkanes of at least 4 members (excludes halogenated alkanes) is 33. The minimum atomic E-state index is -1.25. The van der Waals surface area contributed by atoms with E-state index >= 15 is 0 Å². The molecule has 0 aliphatic rings. The second-order valence-corrected chi connectivity index (χ2v) is 16.1. The van der Waals surface area contributed by atoms with Crippen LogP contribution in [0.3, 0.4) is 0 Å². The Morgan fingerprint density at radius 2 is 0.667 bits per heavy atom. The Hall–Kier alpha value is -0.690. The maximum Gasteiger partial charge on any atom is 0.249 e. The highest BCUT2D eigenvalue weighted by Crippen LogP contribution is 2.17. The van der Waals surface area contributed by atoms with E-state index in [1.54, 1.807) is 0 Å². The van der Waals surface area contributed by atoms with Crippen molar-refractivity contribution in [2.24, 2.45) is 0 Å². The number of hydrogen-bond acceptors (Lipinski definition) is 5. The quantitative estimate of drug-likeness (QED) is 0.0402. The fraction of sp³-hybridized carbons (Fsp3) is 0.978. The lowest BCUT2D eigenvalue weighted by molar-refractivity contribution is -0.132. The number of nitrogens with one attached hydrogen (secondary N) is 1. The van der Waals surface area contributed by atoms with Crippen molar-refractivity contribution in [2.75, 3.05) is 6.61 Å². The van der Waals surface area contributed by atoms with Crippen molar-refractivity contribution in [3.05, 3.63) is 0 Å². The Bertz CT molecular complexity index is 692. The highest BCUT2D eigenvalue weighted by molar-refractivity contribution is 5.80. The molecule has 0 bridgehead atoms. The summed E-state index contributed by atoms with van der Waals surface area (Å²) in [6.45, 7) is 4.04. The summed E-state index contributed by atoms with van der Waals surface area (Å²) >= 11 is 0. The van der Waals surface area contributed by atoms with Gasteiger partial charge in [-0.3, -0.25) is 4.79 Å². The highest BCUT2D eigenvalue weighted by atomic mass is 16.3. The van der Waals surface area contributed by atoms with Crippen molar-refractivity contribution < 1.29 is 25.2 Å². The highest BCUT2D eigenvalue weighted by Gasteiger charge is 2.28. The number of aliphatic hydroxyl groups is 4. The molecule has 0 aliphatic heterocycles. The topological polar surface area (TPSA) is 110 Å². The van der Waals surface area contributed by atoms with Crippen LogP contribution in [0.25, 0.3) is 0 Å². The Kier molecular flexibility index (Phi) is 39.9. The maximum absolute atomic E-state index is 12.4. The largest absolute Gasteiger partial charge is 0.394 e. The van der Waals surface area contributed by atoms with Gasteiger partial charge < -0.3 is 25.7 Å². The molecule has 0 aromatic heterocycles. The van der Waals surface area contributed by atoms with Crippen LogP contribution in [-0.2, 0) is 4.79 Å². The van der Waals surface area contributed by atoms with Crippen LogP contribution in [0.15, 0.2) is 0 Å². The number of amides is 1. The van der Waals surface area contributed by atoms with Crippen LogP contribution in [0.4, 0.5) is 0 Å². The normalized spacial score (nSPS) is 14.1. The van der Waals surface area contributed by atoms with Crippen molar-refractivity contribution >= 4 is 5.91 Å². The van der Waals surface area contributed by atoms with Gasteiger partial charge in [0.25, 0.3) is 0 Å². The lowest BCUT2D eigenvalue weighted by Gasteiger charge is -2.27. The number of carbonyl (C=O) groups excluding carboxylic acids is 1. The number of rotatable bonds is 42. The molecule has 306 valence electrons. The maximum atomic E-state index is 12.4. The zero-order chi connectivity index (χ0) is 37.5. The zero-order valence-electron chi connectivity index (χ0n) is 34.4. The van der Waals surface area contributed by atoms with Crippen LogP contribution < -0.4 is 5.32 Å². The van der Waals surface area contributed by atoms with Gasteiger partial charge in [-0.2, -0.15) is 0 Å². The minimum absolute atomic E-state index is 0.374. The average molecular weight is 726 g/mol. The van der Waals surface area contributed by atoms with Crippen LogP contribution in [-0.4, -0.2) is 57.3 Å². The van der Waals surface area contributed by atoms with Gasteiger partial charge in [-0.05, 0) is 12.8 Å². The molecule has 0 saturated carbocycles. The van der Waals surface area contributed by atoms with E-state index in [9.17, 15) is 25.2 Å². The van der Waals surface area contributed by atoms with E-state index in [4.69, 9.17) is 0 Å². The first kappa shape index (κ1) is 50.3. The number of aliphatic hydroxyl groups excluding tert-OH is 4. The van der Waals surface area contributed by atoms with Crippen LogP contribution in [0, 0.1) is 0 Å². The molecule has 0 saturated heterocycles. The lowest BCUT2D eigenvalue weighted by Crippen LogP contribution is -2.53. The van der Waals surface area contributed by atoms with E-state index in [0.717, 1.165) is 38.5 Å². The van der Waals surface area contributed by atoms with Gasteiger partial charge in [0.15, 0.2) is 0 Å². The van der Waals surface area contributed by atoms with Crippen LogP contribution in [0.2, 0.25) is 0 Å². The summed E-state index contributed by atoms with van der Waals surface area (Å²) in [4.78, 5) is 12.4. The Labute approximate surface area is 318 Å². The molecular weight excluding hydrogens is 634 g/mol. The first-order chi connectivity index (χ1) is 25.0. The third-order valence-corrected chi connectivity index (χ3v) is 11.1. The average Bonchev–Trinajstić information content (AvgIpc) is 3.13. The molecule has 0 aliphatic carbocycles. The summed E-state index contributed by atoms with van der Waals surface area (Å²) in [6, 6.07) is -0.978. The predicted octanol–water partition coefficient (Wildman–Crippen LogP) is 12.0. The molecule has 0 radical (unpaired) electrons. The monoisotopic (exact) mass is 726 g/mol. The van der Waals surface area contributed by atoms with Crippen molar-refractivity contribution in [2.45, 2.75) is 276 Å². The third kappa shape index (κ3) is 34.8. The summed E-state index contributed by atoms with van der Waals surface area (Å²) in [7, 11) is 0. The number of hydrogen-bond donors (Lipinski definition) is 5. The first-order valence-electron chi connectivity index (χ1n) is 22.9. The first-order valence-corrected chi connectivity index (χ1v) is 22.9. The van der Waals surface area contributed by atoms with E-state index in [1.165, 1.54) is 186 Å². The predicted molar refractivity (Wildman–Crippen MR) is 219 cm³/mol. The molecule has 4 atom stereocenters. The summed E-state index contributed by atoms with van der Waals surface area (Å²) < 4.78 is 0. The van der Waals surface area contributed by atoms with Gasteiger partial charge in [-0.1, -0.05) is 239 Å². The van der Waals surface area contributed by atoms with Gasteiger partial charge in [0.05, 0.1) is 18.8 Å². The summed E-state index contributed by atoms with van der Waals surface area (Å²) in [5.41, 5.74) is 0. The lowest BCUT2D eigenvalue weighted by atomic mass is 9.99. The fourth-order valence-corrected chi connectivity index (χ4v) is 7.41. The van der Waals surface area contributed by atoms with Crippen LogP contribution in [0.1, 0.15) is 251 Å². The molecule has 4 unspecified atom stereocenters. The molecule has 0 fully saturated rings. The smallest absolute Gasteiger partial charge is 0.249 e. The van der Waals surface area contributed by atoms with E-state index in [0.29, 0.717) is 12.8 Å². The molecule has 0 aromatic carbocycles. The molecule has 0 heterocycles. The number of carbonyl (C=O) groups is 1. The molecule has 5 N–H and O–H groups in total. The van der Waals surface area contributed by atoms with E-state index in [2.05, 4.69) is 19.2 Å². The van der Waals surface area contributed by atoms with Crippen molar-refractivity contribution in [3.63, 3.8) is 0 Å². The molecule has 51 heavy (non-hydrogen) atoms. The molecular formula is C45H91NO5. The van der Waals surface area contributed by atoms with Crippen molar-refractivity contribution in [1.29, 1.82) is 0 Å². The third-order valence-electron chi connectivity index (χ3n) is 11.1. The SMILES string of the molecule is CCCCCCCCCCCCCCCCCCCCCCCCCCCC(O)C(O)C(CO)NC(=O)C(O)CCCCCCCCCCCC. The minimum Gasteiger partial charge on any atom is -0.394 e. The van der Waals surface area contributed by atoms with Gasteiger partial charge in [-0.15, -0.1) is 0 Å². The Balaban J connectivity index is 3.59. The Morgan fingerprint density at radius 1 is 0.412 bits per heavy atom. The van der Waals surface area contributed by atoms with Gasteiger partial charge >= 0.3 is 0 Å². The Morgan fingerprint density at radius 3 is 0.941 bits per heavy atom. The van der Waals surface area contributed by atoms with E-state index in [1.807, 2.05) is 0 Å². The zero-order valence-corrected chi connectivity index (χ0v) is 34.4. The van der Waals surface area contributed by atoms with E-state index in [-0.39, 0.29) is 0 Å². The van der Waals surface area contributed by atoms with Crippen LogP contribution in [0.5, 0.6) is 0 Å².